The molecule has 0 aromatic carbocycles. The Bertz CT molecular complexity index is 483. The minimum atomic E-state index is -0.103. The van der Waals surface area contributed by atoms with E-state index in [1.165, 1.54) is 6.33 Å². The quantitative estimate of drug-likeness (QED) is 0.730. The molecule has 0 fully saturated rings. The minimum Gasteiger partial charge on any atom is -0.313 e. The molecule has 0 saturated carbocycles. The summed E-state index contributed by atoms with van der Waals surface area (Å²) in [6, 6.07) is 0. The van der Waals surface area contributed by atoms with Gasteiger partial charge in [0.25, 0.3) is 5.56 Å². The molecule has 0 amide bonds. The third kappa shape index (κ3) is 2.42. The normalized spacial score (nSPS) is 14.1. The lowest BCUT2D eigenvalue weighted by Crippen LogP contribution is -2.42. The van der Waals surface area contributed by atoms with Crippen LogP contribution in [0.3, 0.4) is 0 Å². The molecule has 0 unspecified atom stereocenters. The van der Waals surface area contributed by atoms with Crippen LogP contribution in [0.25, 0.3) is 12.2 Å². The fraction of sp³-hybridized carbons (Fsp3) is 0.273. The van der Waals surface area contributed by atoms with Gasteiger partial charge in [-0.05, 0) is 19.4 Å². The second-order valence-corrected chi connectivity index (χ2v) is 2.82. The first-order valence-electron chi connectivity index (χ1n) is 4.66. The van der Waals surface area contributed by atoms with Crippen LogP contribution in [0.2, 0.25) is 0 Å². The average molecular weight is 190 g/mol. The smallest absolute Gasteiger partial charge is 0.258 e. The zero-order chi connectivity index (χ0) is 10.4. The van der Waals surface area contributed by atoms with Gasteiger partial charge in [-0.25, -0.2) is 4.98 Å². The standard InChI is InChI=1S/C11H14N2O/c1-3-5-6-7-9-10(4-2)12-8-13-11(9)14/h4-8H,3H2,1-2H3,(H,12,13,14)/b6-5+,9-7+,10-4+. The molecule has 0 saturated heterocycles. The lowest BCUT2D eigenvalue weighted by molar-refractivity contribution is 1.05. The highest BCUT2D eigenvalue weighted by molar-refractivity contribution is 5.36. The molecule has 0 bridgehead atoms. The first-order chi connectivity index (χ1) is 6.79. The van der Waals surface area contributed by atoms with Crippen LogP contribution in [0.4, 0.5) is 0 Å². The van der Waals surface area contributed by atoms with Crippen molar-refractivity contribution in [3.63, 3.8) is 0 Å². The van der Waals surface area contributed by atoms with Gasteiger partial charge in [-0.1, -0.05) is 25.2 Å². The number of allylic oxidation sites excluding steroid dienone is 2. The highest BCUT2D eigenvalue weighted by atomic mass is 16.1. The molecule has 0 aliphatic carbocycles. The number of nitrogens with zero attached hydrogens (tertiary/aromatic N) is 1. The third-order valence-corrected chi connectivity index (χ3v) is 1.83. The van der Waals surface area contributed by atoms with Crippen LogP contribution in [0.15, 0.2) is 23.3 Å². The molecule has 0 aliphatic heterocycles. The maximum Gasteiger partial charge on any atom is 0.258 e. The monoisotopic (exact) mass is 190 g/mol. The second-order valence-electron chi connectivity index (χ2n) is 2.82. The van der Waals surface area contributed by atoms with Crippen LogP contribution in [0.5, 0.6) is 0 Å². The summed E-state index contributed by atoms with van der Waals surface area (Å²) in [6.07, 6.45) is 9.84. The van der Waals surface area contributed by atoms with Crippen molar-refractivity contribution >= 4 is 12.2 Å². The molecule has 1 aromatic rings. The van der Waals surface area contributed by atoms with E-state index in [1.54, 1.807) is 6.08 Å². The van der Waals surface area contributed by atoms with Gasteiger partial charge in [0.15, 0.2) is 0 Å². The van der Waals surface area contributed by atoms with E-state index < -0.39 is 0 Å². The molecule has 3 heteroatoms. The number of H-pyrrole nitrogens is 1. The molecular weight excluding hydrogens is 176 g/mol. The Kier molecular flexibility index (Phi) is 3.85. The summed E-state index contributed by atoms with van der Waals surface area (Å²) in [7, 11) is 0. The van der Waals surface area contributed by atoms with Crippen molar-refractivity contribution < 1.29 is 0 Å². The van der Waals surface area contributed by atoms with Gasteiger partial charge in [-0.2, -0.15) is 0 Å². The summed E-state index contributed by atoms with van der Waals surface area (Å²) >= 11 is 0. The predicted octanol–water partition coefficient (Wildman–Crippen LogP) is 0.317. The van der Waals surface area contributed by atoms with Crippen LogP contribution >= 0.6 is 0 Å². The van der Waals surface area contributed by atoms with Crippen molar-refractivity contribution in [1.29, 1.82) is 0 Å². The topological polar surface area (TPSA) is 45.8 Å². The molecule has 1 N–H and O–H groups in total. The maximum atomic E-state index is 11.4. The Morgan fingerprint density at radius 3 is 3.00 bits per heavy atom. The molecule has 1 heterocycles. The second kappa shape index (κ2) is 5.17. The Balaban J connectivity index is 3.40. The zero-order valence-corrected chi connectivity index (χ0v) is 8.45. The maximum absolute atomic E-state index is 11.4. The fourth-order valence-corrected chi connectivity index (χ4v) is 1.12. The van der Waals surface area contributed by atoms with Gasteiger partial charge in [0.05, 0.1) is 16.9 Å². The first-order valence-corrected chi connectivity index (χ1v) is 4.66. The average Bonchev–Trinajstić information content (AvgIpc) is 2.20. The van der Waals surface area contributed by atoms with E-state index >= 15 is 0 Å². The predicted molar refractivity (Wildman–Crippen MR) is 58.1 cm³/mol. The summed E-state index contributed by atoms with van der Waals surface area (Å²) < 4.78 is 0. The van der Waals surface area contributed by atoms with Gasteiger partial charge in [0.2, 0.25) is 0 Å². The van der Waals surface area contributed by atoms with Crippen LogP contribution in [-0.4, -0.2) is 9.97 Å². The molecule has 0 atom stereocenters. The highest BCUT2D eigenvalue weighted by Crippen LogP contribution is 1.78. The number of rotatable bonds is 2. The van der Waals surface area contributed by atoms with Crippen molar-refractivity contribution in [1.82, 2.24) is 9.97 Å². The number of aromatic nitrogens is 2. The molecule has 14 heavy (non-hydrogen) atoms. The largest absolute Gasteiger partial charge is 0.313 e. The highest BCUT2D eigenvalue weighted by Gasteiger charge is 1.88. The molecule has 3 nitrogen and oxygen atoms in total. The van der Waals surface area contributed by atoms with E-state index in [0.717, 1.165) is 11.8 Å². The van der Waals surface area contributed by atoms with Gasteiger partial charge < -0.3 is 4.98 Å². The van der Waals surface area contributed by atoms with E-state index in [-0.39, 0.29) is 5.56 Å². The van der Waals surface area contributed by atoms with E-state index in [4.69, 9.17) is 0 Å². The summed E-state index contributed by atoms with van der Waals surface area (Å²) in [5.74, 6) is 0. The lowest BCUT2D eigenvalue weighted by atomic mass is 10.3. The first kappa shape index (κ1) is 10.4. The summed E-state index contributed by atoms with van der Waals surface area (Å²) in [6.45, 7) is 3.91. The van der Waals surface area contributed by atoms with E-state index in [9.17, 15) is 4.79 Å². The molecule has 0 radical (unpaired) electrons. The minimum absolute atomic E-state index is 0.103. The van der Waals surface area contributed by atoms with Crippen molar-refractivity contribution in [2.24, 2.45) is 0 Å². The van der Waals surface area contributed by atoms with Crippen LogP contribution in [-0.2, 0) is 0 Å². The molecule has 0 spiro atoms. The lowest BCUT2D eigenvalue weighted by Gasteiger charge is -1.86. The molecular formula is C11H14N2O. The van der Waals surface area contributed by atoms with Gasteiger partial charge in [0.1, 0.15) is 0 Å². The Labute approximate surface area is 82.5 Å². The zero-order valence-electron chi connectivity index (χ0n) is 8.45. The summed E-state index contributed by atoms with van der Waals surface area (Å²) in [5.41, 5.74) is -0.103. The van der Waals surface area contributed by atoms with Crippen LogP contribution < -0.4 is 16.1 Å². The molecule has 1 aromatic heterocycles. The number of hydrogen-bond donors (Lipinski definition) is 1. The Hall–Kier alpha value is -1.64. The van der Waals surface area contributed by atoms with E-state index in [2.05, 4.69) is 9.97 Å². The molecule has 0 aliphatic rings. The molecule has 1 rings (SSSR count). The van der Waals surface area contributed by atoms with Gasteiger partial charge >= 0.3 is 0 Å². The third-order valence-electron chi connectivity index (χ3n) is 1.83. The number of nitrogens with one attached hydrogen (secondary N) is 1. The number of aromatic amines is 1. The Morgan fingerprint density at radius 2 is 2.36 bits per heavy atom. The van der Waals surface area contributed by atoms with E-state index in [0.29, 0.717) is 5.22 Å². The van der Waals surface area contributed by atoms with Gasteiger partial charge in [0, 0.05) is 0 Å². The Morgan fingerprint density at radius 1 is 1.57 bits per heavy atom. The van der Waals surface area contributed by atoms with E-state index in [1.807, 2.05) is 32.1 Å². The van der Waals surface area contributed by atoms with Crippen LogP contribution in [0, 0.1) is 0 Å². The van der Waals surface area contributed by atoms with Crippen molar-refractivity contribution in [2.45, 2.75) is 20.3 Å². The summed E-state index contributed by atoms with van der Waals surface area (Å²) in [5, 5.41) is 1.33. The van der Waals surface area contributed by atoms with Crippen molar-refractivity contribution in [3.05, 3.63) is 39.4 Å². The van der Waals surface area contributed by atoms with Gasteiger partial charge in [-0.3, -0.25) is 4.79 Å². The van der Waals surface area contributed by atoms with Crippen molar-refractivity contribution in [3.8, 4) is 0 Å². The van der Waals surface area contributed by atoms with Crippen LogP contribution in [0.1, 0.15) is 20.3 Å². The van der Waals surface area contributed by atoms with Crippen molar-refractivity contribution in [2.75, 3.05) is 0 Å². The molecule has 74 valence electrons. The fourth-order valence-electron chi connectivity index (χ4n) is 1.12. The number of hydrogen-bond acceptors (Lipinski definition) is 2. The SMILES string of the molecule is C/C=c1/nc[nH]c(=O)/c1=C/C=C/CC. The summed E-state index contributed by atoms with van der Waals surface area (Å²) in [4.78, 5) is 18.0. The van der Waals surface area contributed by atoms with Gasteiger partial charge in [-0.15, -0.1) is 0 Å².